The van der Waals surface area contributed by atoms with E-state index in [-0.39, 0.29) is 23.9 Å². The molecule has 1 atom stereocenters. The van der Waals surface area contributed by atoms with Gasteiger partial charge >= 0.3 is 0 Å². The van der Waals surface area contributed by atoms with Crippen LogP contribution in [0.1, 0.15) is 6.92 Å². The van der Waals surface area contributed by atoms with Crippen molar-refractivity contribution >= 4 is 27.5 Å². The molecule has 2 aromatic carbocycles. The molecule has 6 nitrogen and oxygen atoms in total. The topological polar surface area (TPSA) is 66.9 Å². The van der Waals surface area contributed by atoms with E-state index in [0.29, 0.717) is 23.9 Å². The first-order valence-corrected chi connectivity index (χ1v) is 10.5. The summed E-state index contributed by atoms with van der Waals surface area (Å²) in [6.45, 7) is 2.81. The van der Waals surface area contributed by atoms with Crippen LogP contribution >= 0.6 is 11.6 Å². The molecule has 0 aromatic heterocycles. The number of para-hydroxylation sites is 1. The van der Waals surface area contributed by atoms with Crippen LogP contribution in [0.4, 0.5) is 0 Å². The molecule has 2 aromatic rings. The second-order valence-corrected chi connectivity index (χ2v) is 8.63. The summed E-state index contributed by atoms with van der Waals surface area (Å²) in [4.78, 5) is 14.4. The zero-order valence-electron chi connectivity index (χ0n) is 14.9. The fourth-order valence-corrected chi connectivity index (χ4v) is 4.66. The van der Waals surface area contributed by atoms with Crippen LogP contribution in [0.3, 0.4) is 0 Å². The summed E-state index contributed by atoms with van der Waals surface area (Å²) in [5.74, 6) is 0.471. The number of ether oxygens (including phenoxy) is 1. The molecule has 0 bridgehead atoms. The Morgan fingerprint density at radius 1 is 1.04 bits per heavy atom. The number of carbonyl (C=O) groups is 1. The number of hydrogen-bond acceptors (Lipinski definition) is 4. The summed E-state index contributed by atoms with van der Waals surface area (Å²) in [6.07, 6.45) is -0.636. The Morgan fingerprint density at radius 2 is 1.70 bits per heavy atom. The van der Waals surface area contributed by atoms with Crippen molar-refractivity contribution in [1.29, 1.82) is 0 Å². The molecule has 3 rings (SSSR count). The van der Waals surface area contributed by atoms with Gasteiger partial charge in [0.1, 0.15) is 5.75 Å². The molecule has 1 aliphatic heterocycles. The lowest BCUT2D eigenvalue weighted by atomic mass is 10.3. The third-order valence-corrected chi connectivity index (χ3v) is 6.52. The Kier molecular flexibility index (Phi) is 6.04. The van der Waals surface area contributed by atoms with Crippen molar-refractivity contribution in [1.82, 2.24) is 9.21 Å². The van der Waals surface area contributed by atoms with E-state index in [4.69, 9.17) is 16.3 Å². The monoisotopic (exact) mass is 408 g/mol. The summed E-state index contributed by atoms with van der Waals surface area (Å²) in [6, 6.07) is 15.3. The van der Waals surface area contributed by atoms with Crippen LogP contribution < -0.4 is 4.74 Å². The quantitative estimate of drug-likeness (QED) is 0.762. The maximum Gasteiger partial charge on any atom is 0.263 e. The number of sulfonamides is 1. The smallest absolute Gasteiger partial charge is 0.263 e. The van der Waals surface area contributed by atoms with Gasteiger partial charge in [-0.2, -0.15) is 4.31 Å². The van der Waals surface area contributed by atoms with Gasteiger partial charge in [-0.1, -0.05) is 35.9 Å². The summed E-state index contributed by atoms with van der Waals surface area (Å²) in [5, 5.41) is 0.372. The highest BCUT2D eigenvalue weighted by molar-refractivity contribution is 7.89. The minimum absolute atomic E-state index is 0.154. The normalized spacial score (nSPS) is 16.7. The second-order valence-electron chi connectivity index (χ2n) is 6.26. The highest BCUT2D eigenvalue weighted by Gasteiger charge is 2.32. The lowest BCUT2D eigenvalue weighted by molar-refractivity contribution is -0.139. The van der Waals surface area contributed by atoms with Crippen LogP contribution in [-0.4, -0.2) is 55.8 Å². The SMILES string of the molecule is C[C@@H](Oc1ccccc1)C(=O)N1CCN(S(=O)(=O)c2cccc(Cl)c2)CC1. The van der Waals surface area contributed by atoms with E-state index in [1.54, 1.807) is 36.1 Å². The molecule has 1 amide bonds. The van der Waals surface area contributed by atoms with E-state index >= 15 is 0 Å². The highest BCUT2D eigenvalue weighted by atomic mass is 35.5. The van der Waals surface area contributed by atoms with Crippen LogP contribution in [-0.2, 0) is 14.8 Å². The number of halogens is 1. The van der Waals surface area contributed by atoms with Crippen molar-refractivity contribution in [2.45, 2.75) is 17.9 Å². The largest absolute Gasteiger partial charge is 0.481 e. The molecule has 8 heteroatoms. The Labute approximate surface area is 164 Å². The fourth-order valence-electron chi connectivity index (χ4n) is 2.94. The van der Waals surface area contributed by atoms with Gasteiger partial charge in [-0.3, -0.25) is 4.79 Å². The average Bonchev–Trinajstić information content (AvgIpc) is 2.68. The Morgan fingerprint density at radius 3 is 2.33 bits per heavy atom. The van der Waals surface area contributed by atoms with E-state index in [1.165, 1.54) is 16.4 Å². The van der Waals surface area contributed by atoms with Crippen LogP contribution in [0.15, 0.2) is 59.5 Å². The number of rotatable bonds is 5. The van der Waals surface area contributed by atoms with Gasteiger partial charge in [0, 0.05) is 31.2 Å². The van der Waals surface area contributed by atoms with Crippen molar-refractivity contribution in [3.05, 3.63) is 59.6 Å². The summed E-state index contributed by atoms with van der Waals surface area (Å²) in [7, 11) is -3.62. The van der Waals surface area contributed by atoms with Crippen molar-refractivity contribution < 1.29 is 17.9 Å². The van der Waals surface area contributed by atoms with Gasteiger partial charge in [-0.05, 0) is 37.3 Å². The zero-order chi connectivity index (χ0) is 19.4. The molecule has 1 fully saturated rings. The summed E-state index contributed by atoms with van der Waals surface area (Å²) in [5.41, 5.74) is 0. The third kappa shape index (κ3) is 4.61. The van der Waals surface area contributed by atoms with Crippen molar-refractivity contribution in [2.24, 2.45) is 0 Å². The summed E-state index contributed by atoms with van der Waals surface area (Å²) >= 11 is 5.91. The molecule has 0 saturated carbocycles. The average molecular weight is 409 g/mol. The van der Waals surface area contributed by atoms with Crippen LogP contribution in [0.5, 0.6) is 5.75 Å². The third-order valence-electron chi connectivity index (χ3n) is 4.39. The molecule has 0 N–H and O–H groups in total. The van der Waals surface area contributed by atoms with Crippen LogP contribution in [0.2, 0.25) is 5.02 Å². The van der Waals surface area contributed by atoms with Gasteiger partial charge in [0.2, 0.25) is 10.0 Å². The van der Waals surface area contributed by atoms with Crippen LogP contribution in [0, 0.1) is 0 Å². The molecule has 1 heterocycles. The molecule has 1 aliphatic rings. The number of carbonyl (C=O) groups excluding carboxylic acids is 1. The Bertz CT molecular complexity index is 897. The van der Waals surface area contributed by atoms with Crippen LogP contribution in [0.25, 0.3) is 0 Å². The first kappa shape index (κ1) is 19.7. The first-order valence-electron chi connectivity index (χ1n) is 8.64. The van der Waals surface area contributed by atoms with Gasteiger partial charge in [-0.25, -0.2) is 8.42 Å². The van der Waals surface area contributed by atoms with E-state index in [2.05, 4.69) is 0 Å². The van der Waals surface area contributed by atoms with E-state index in [0.717, 1.165) is 0 Å². The van der Waals surface area contributed by atoms with Gasteiger partial charge < -0.3 is 9.64 Å². The van der Waals surface area contributed by atoms with Gasteiger partial charge in [0.05, 0.1) is 4.90 Å². The molecular formula is C19H21ClN2O4S. The lowest BCUT2D eigenvalue weighted by Crippen LogP contribution is -2.53. The van der Waals surface area contributed by atoms with Crippen molar-refractivity contribution in [2.75, 3.05) is 26.2 Å². The zero-order valence-corrected chi connectivity index (χ0v) is 16.5. The Balaban J connectivity index is 1.60. The van der Waals surface area contributed by atoms with Gasteiger partial charge in [-0.15, -0.1) is 0 Å². The molecule has 0 spiro atoms. The maximum absolute atomic E-state index is 12.7. The van der Waals surface area contributed by atoms with Crippen molar-refractivity contribution in [3.8, 4) is 5.75 Å². The first-order chi connectivity index (χ1) is 12.9. The molecule has 0 radical (unpaired) electrons. The molecule has 144 valence electrons. The number of amides is 1. The molecular weight excluding hydrogens is 388 g/mol. The lowest BCUT2D eigenvalue weighted by Gasteiger charge is -2.35. The van der Waals surface area contributed by atoms with Crippen molar-refractivity contribution in [3.63, 3.8) is 0 Å². The minimum Gasteiger partial charge on any atom is -0.481 e. The molecule has 0 unspecified atom stereocenters. The van der Waals surface area contributed by atoms with Gasteiger partial charge in [0.25, 0.3) is 5.91 Å². The molecule has 1 saturated heterocycles. The fraction of sp³-hybridized carbons (Fsp3) is 0.316. The predicted molar refractivity (Wildman–Crippen MR) is 103 cm³/mol. The number of benzene rings is 2. The number of hydrogen-bond donors (Lipinski definition) is 0. The number of nitrogens with zero attached hydrogens (tertiary/aromatic N) is 2. The van der Waals surface area contributed by atoms with E-state index in [1.807, 2.05) is 18.2 Å². The Hall–Kier alpha value is -2.09. The predicted octanol–water partition coefficient (Wildman–Crippen LogP) is 2.64. The summed E-state index contributed by atoms with van der Waals surface area (Å²) < 4.78 is 32.5. The second kappa shape index (κ2) is 8.29. The standard InChI is InChI=1S/C19H21ClN2O4S/c1-15(26-17-7-3-2-4-8-17)19(23)21-10-12-22(13-11-21)27(24,25)18-9-5-6-16(20)14-18/h2-9,14-15H,10-13H2,1H3/t15-/m1/s1. The minimum atomic E-state index is -3.62. The van der Waals surface area contributed by atoms with E-state index < -0.39 is 16.1 Å². The highest BCUT2D eigenvalue weighted by Crippen LogP contribution is 2.21. The molecule has 0 aliphatic carbocycles. The molecule has 27 heavy (non-hydrogen) atoms. The van der Waals surface area contributed by atoms with E-state index in [9.17, 15) is 13.2 Å². The maximum atomic E-state index is 12.7. The van der Waals surface area contributed by atoms with Gasteiger partial charge in [0.15, 0.2) is 6.10 Å². The number of piperazine rings is 1.